The minimum absolute atomic E-state index is 0.206. The molecule has 0 heterocycles. The molecule has 1 atom stereocenters. The molecule has 0 radical (unpaired) electrons. The molecule has 0 aliphatic heterocycles. The standard InChI is InChI=1S/C11H22O3/c1-4-7-9-14-11(12)10(8-5-2)13-6-3/h10H,4-9H2,1-3H3. The molecule has 0 spiro atoms. The van der Waals surface area contributed by atoms with Crippen molar-refractivity contribution in [1.29, 1.82) is 0 Å². The number of ether oxygens (including phenoxy) is 2. The highest BCUT2D eigenvalue weighted by atomic mass is 16.6. The topological polar surface area (TPSA) is 35.5 Å². The fourth-order valence-electron chi connectivity index (χ4n) is 1.14. The molecule has 0 saturated heterocycles. The van der Waals surface area contributed by atoms with Gasteiger partial charge in [-0.3, -0.25) is 0 Å². The fourth-order valence-corrected chi connectivity index (χ4v) is 1.14. The van der Waals surface area contributed by atoms with Gasteiger partial charge < -0.3 is 9.47 Å². The van der Waals surface area contributed by atoms with Crippen molar-refractivity contribution in [2.24, 2.45) is 0 Å². The van der Waals surface area contributed by atoms with Crippen LogP contribution < -0.4 is 0 Å². The van der Waals surface area contributed by atoms with E-state index < -0.39 is 0 Å². The van der Waals surface area contributed by atoms with E-state index in [-0.39, 0.29) is 12.1 Å². The van der Waals surface area contributed by atoms with Crippen LogP contribution in [0.5, 0.6) is 0 Å². The predicted molar refractivity (Wildman–Crippen MR) is 56.2 cm³/mol. The maximum atomic E-state index is 11.5. The maximum Gasteiger partial charge on any atom is 0.335 e. The zero-order valence-electron chi connectivity index (χ0n) is 9.54. The lowest BCUT2D eigenvalue weighted by Crippen LogP contribution is -2.26. The second kappa shape index (κ2) is 9.00. The van der Waals surface area contributed by atoms with Gasteiger partial charge in [-0.25, -0.2) is 4.79 Å². The number of carbonyl (C=O) groups is 1. The molecular weight excluding hydrogens is 180 g/mol. The quantitative estimate of drug-likeness (QED) is 0.448. The number of rotatable bonds is 8. The van der Waals surface area contributed by atoms with E-state index in [1.54, 1.807) is 0 Å². The molecule has 0 aliphatic carbocycles. The minimum Gasteiger partial charge on any atom is -0.464 e. The summed E-state index contributed by atoms with van der Waals surface area (Å²) in [4.78, 5) is 11.5. The summed E-state index contributed by atoms with van der Waals surface area (Å²) in [5.74, 6) is -0.206. The van der Waals surface area contributed by atoms with E-state index in [0.717, 1.165) is 25.7 Å². The van der Waals surface area contributed by atoms with Gasteiger partial charge in [-0.1, -0.05) is 26.7 Å². The van der Waals surface area contributed by atoms with Crippen molar-refractivity contribution < 1.29 is 14.3 Å². The SMILES string of the molecule is CCCCOC(=O)C(CCC)OCC. The highest BCUT2D eigenvalue weighted by Gasteiger charge is 2.18. The summed E-state index contributed by atoms with van der Waals surface area (Å²) in [5, 5.41) is 0. The van der Waals surface area contributed by atoms with Crippen LogP contribution in [-0.4, -0.2) is 25.3 Å². The molecule has 3 nitrogen and oxygen atoms in total. The number of hydrogen-bond acceptors (Lipinski definition) is 3. The monoisotopic (exact) mass is 202 g/mol. The van der Waals surface area contributed by atoms with E-state index in [9.17, 15) is 4.79 Å². The van der Waals surface area contributed by atoms with Crippen LogP contribution >= 0.6 is 0 Å². The summed E-state index contributed by atoms with van der Waals surface area (Å²) >= 11 is 0. The first kappa shape index (κ1) is 13.4. The molecule has 0 bridgehead atoms. The third-order valence-electron chi connectivity index (χ3n) is 1.92. The first-order chi connectivity index (χ1) is 6.76. The van der Waals surface area contributed by atoms with Crippen molar-refractivity contribution in [3.05, 3.63) is 0 Å². The Hall–Kier alpha value is -0.570. The van der Waals surface area contributed by atoms with Crippen molar-refractivity contribution in [3.8, 4) is 0 Å². The molecule has 0 rings (SSSR count). The van der Waals surface area contributed by atoms with E-state index in [1.807, 2.05) is 13.8 Å². The van der Waals surface area contributed by atoms with Crippen LogP contribution in [0.1, 0.15) is 46.5 Å². The molecule has 0 aromatic carbocycles. The molecule has 3 heteroatoms. The van der Waals surface area contributed by atoms with Gasteiger partial charge in [-0.15, -0.1) is 0 Å². The van der Waals surface area contributed by atoms with Gasteiger partial charge in [0.2, 0.25) is 0 Å². The molecule has 0 N–H and O–H groups in total. The molecular formula is C11H22O3. The molecule has 0 aliphatic rings. The number of hydrogen-bond donors (Lipinski definition) is 0. The average Bonchev–Trinajstić information content (AvgIpc) is 2.18. The highest BCUT2D eigenvalue weighted by molar-refractivity contribution is 5.74. The van der Waals surface area contributed by atoms with E-state index in [1.165, 1.54) is 0 Å². The van der Waals surface area contributed by atoms with Crippen LogP contribution in [0.25, 0.3) is 0 Å². The Morgan fingerprint density at radius 3 is 2.43 bits per heavy atom. The first-order valence-electron chi connectivity index (χ1n) is 5.54. The third-order valence-corrected chi connectivity index (χ3v) is 1.92. The second-order valence-electron chi connectivity index (χ2n) is 3.25. The lowest BCUT2D eigenvalue weighted by atomic mass is 10.2. The van der Waals surface area contributed by atoms with Gasteiger partial charge in [0.05, 0.1) is 6.61 Å². The molecule has 1 unspecified atom stereocenters. The van der Waals surface area contributed by atoms with Gasteiger partial charge in [-0.2, -0.15) is 0 Å². The number of unbranched alkanes of at least 4 members (excludes halogenated alkanes) is 1. The second-order valence-corrected chi connectivity index (χ2v) is 3.25. The molecule has 0 aromatic heterocycles. The third kappa shape index (κ3) is 5.97. The normalized spacial score (nSPS) is 12.5. The summed E-state index contributed by atoms with van der Waals surface area (Å²) in [6.07, 6.45) is 3.30. The Labute approximate surface area is 86.8 Å². The zero-order valence-corrected chi connectivity index (χ0v) is 9.54. The van der Waals surface area contributed by atoms with Crippen LogP contribution in [0.2, 0.25) is 0 Å². The van der Waals surface area contributed by atoms with E-state index >= 15 is 0 Å². The van der Waals surface area contributed by atoms with Crippen LogP contribution in [0.3, 0.4) is 0 Å². The first-order valence-corrected chi connectivity index (χ1v) is 5.54. The van der Waals surface area contributed by atoms with Gasteiger partial charge >= 0.3 is 5.97 Å². The number of carbonyl (C=O) groups excluding carboxylic acids is 1. The maximum absolute atomic E-state index is 11.5. The van der Waals surface area contributed by atoms with Crippen LogP contribution in [0, 0.1) is 0 Å². The van der Waals surface area contributed by atoms with Gasteiger partial charge in [0.1, 0.15) is 0 Å². The Morgan fingerprint density at radius 1 is 1.21 bits per heavy atom. The lowest BCUT2D eigenvalue weighted by molar-refractivity contribution is -0.157. The van der Waals surface area contributed by atoms with E-state index in [2.05, 4.69) is 6.92 Å². The van der Waals surface area contributed by atoms with Crippen LogP contribution in [0.15, 0.2) is 0 Å². The number of esters is 1. The van der Waals surface area contributed by atoms with Gasteiger partial charge in [0.25, 0.3) is 0 Å². The van der Waals surface area contributed by atoms with Gasteiger partial charge in [-0.05, 0) is 19.8 Å². The summed E-state index contributed by atoms with van der Waals surface area (Å²) in [7, 11) is 0. The van der Waals surface area contributed by atoms with Crippen molar-refractivity contribution in [3.63, 3.8) is 0 Å². The molecule has 14 heavy (non-hydrogen) atoms. The Morgan fingerprint density at radius 2 is 1.93 bits per heavy atom. The largest absolute Gasteiger partial charge is 0.464 e. The predicted octanol–water partition coefficient (Wildman–Crippen LogP) is 2.53. The van der Waals surface area contributed by atoms with Crippen LogP contribution in [0.4, 0.5) is 0 Å². The molecule has 0 fully saturated rings. The summed E-state index contributed by atoms with van der Waals surface area (Å²) in [5.41, 5.74) is 0. The molecule has 0 aromatic rings. The van der Waals surface area contributed by atoms with Crippen molar-refractivity contribution in [2.45, 2.75) is 52.6 Å². The zero-order chi connectivity index (χ0) is 10.8. The summed E-state index contributed by atoms with van der Waals surface area (Å²) < 4.78 is 10.4. The summed E-state index contributed by atoms with van der Waals surface area (Å²) in [6, 6.07) is 0. The molecule has 0 saturated carbocycles. The lowest BCUT2D eigenvalue weighted by Gasteiger charge is -2.14. The van der Waals surface area contributed by atoms with E-state index in [0.29, 0.717) is 13.2 Å². The van der Waals surface area contributed by atoms with Crippen LogP contribution in [-0.2, 0) is 14.3 Å². The van der Waals surface area contributed by atoms with Gasteiger partial charge in [0, 0.05) is 6.61 Å². The fraction of sp³-hybridized carbons (Fsp3) is 0.909. The Balaban J connectivity index is 3.76. The van der Waals surface area contributed by atoms with Crippen molar-refractivity contribution >= 4 is 5.97 Å². The summed E-state index contributed by atoms with van der Waals surface area (Å²) in [6.45, 7) is 7.07. The highest BCUT2D eigenvalue weighted by Crippen LogP contribution is 2.05. The van der Waals surface area contributed by atoms with E-state index in [4.69, 9.17) is 9.47 Å². The molecule has 84 valence electrons. The van der Waals surface area contributed by atoms with Crippen molar-refractivity contribution in [1.82, 2.24) is 0 Å². The smallest absolute Gasteiger partial charge is 0.335 e. The Kier molecular flexibility index (Phi) is 8.64. The Bertz CT molecular complexity index is 139. The minimum atomic E-state index is -0.359. The van der Waals surface area contributed by atoms with Gasteiger partial charge in [0.15, 0.2) is 6.10 Å². The average molecular weight is 202 g/mol. The van der Waals surface area contributed by atoms with Crippen molar-refractivity contribution in [2.75, 3.05) is 13.2 Å². The molecule has 0 amide bonds.